The van der Waals surface area contributed by atoms with Gasteiger partial charge in [0.2, 0.25) is 0 Å². The van der Waals surface area contributed by atoms with Crippen LogP contribution in [-0.4, -0.2) is 51.3 Å². The minimum Gasteiger partial charge on any atom is -0.374 e. The fraction of sp³-hybridized carbons (Fsp3) is 1.00. The van der Waals surface area contributed by atoms with Crippen molar-refractivity contribution < 1.29 is 4.74 Å². The molecular formula is C15H27NOS3. The molecule has 3 aliphatic heterocycles. The predicted octanol–water partition coefficient (Wildman–Crippen LogP) is 3.24. The molecule has 0 aromatic heterocycles. The van der Waals surface area contributed by atoms with Crippen molar-refractivity contribution in [1.82, 2.24) is 0 Å². The fourth-order valence-corrected chi connectivity index (χ4v) is 8.09. The summed E-state index contributed by atoms with van der Waals surface area (Å²) in [6, 6.07) is 0.355. The van der Waals surface area contributed by atoms with Gasteiger partial charge in [0.15, 0.2) is 0 Å². The van der Waals surface area contributed by atoms with E-state index in [0.29, 0.717) is 17.2 Å². The van der Waals surface area contributed by atoms with E-state index in [-0.39, 0.29) is 5.60 Å². The monoisotopic (exact) mass is 333 g/mol. The zero-order valence-electron chi connectivity index (χ0n) is 12.5. The minimum absolute atomic E-state index is 0.177. The van der Waals surface area contributed by atoms with Gasteiger partial charge in [-0.2, -0.15) is 35.3 Å². The van der Waals surface area contributed by atoms with Gasteiger partial charge in [0.25, 0.3) is 0 Å². The largest absolute Gasteiger partial charge is 0.374 e. The van der Waals surface area contributed by atoms with Gasteiger partial charge in [0.1, 0.15) is 0 Å². The number of thioether (sulfide) groups is 3. The van der Waals surface area contributed by atoms with Crippen LogP contribution in [-0.2, 0) is 4.74 Å². The average Bonchev–Trinajstić information content (AvgIpc) is 2.89. The molecule has 6 unspecified atom stereocenters. The van der Waals surface area contributed by atoms with Gasteiger partial charge in [-0.3, -0.25) is 0 Å². The molecule has 3 saturated heterocycles. The first-order valence-electron chi connectivity index (χ1n) is 7.84. The molecule has 0 aromatic rings. The van der Waals surface area contributed by atoms with E-state index in [1.165, 1.54) is 36.5 Å². The van der Waals surface area contributed by atoms with Crippen LogP contribution in [0.5, 0.6) is 0 Å². The fourth-order valence-electron chi connectivity index (χ4n) is 3.57. The van der Waals surface area contributed by atoms with Crippen LogP contribution in [0.3, 0.4) is 0 Å². The van der Waals surface area contributed by atoms with E-state index in [4.69, 9.17) is 10.5 Å². The third-order valence-corrected chi connectivity index (χ3v) is 9.91. The first-order valence-corrected chi connectivity index (χ1v) is 11.0. The lowest BCUT2D eigenvalue weighted by atomic mass is 9.80. The third-order valence-electron chi connectivity index (χ3n) is 5.15. The summed E-state index contributed by atoms with van der Waals surface area (Å²) in [6.45, 7) is 5.64. The minimum atomic E-state index is 0.177. The Labute approximate surface area is 136 Å². The van der Waals surface area contributed by atoms with E-state index >= 15 is 0 Å². The molecule has 0 bridgehead atoms. The Morgan fingerprint density at radius 1 is 1.30 bits per heavy atom. The van der Waals surface area contributed by atoms with Crippen LogP contribution >= 0.6 is 35.3 Å². The van der Waals surface area contributed by atoms with Gasteiger partial charge in [0, 0.05) is 39.9 Å². The van der Waals surface area contributed by atoms with Gasteiger partial charge in [-0.1, -0.05) is 13.8 Å². The summed E-state index contributed by atoms with van der Waals surface area (Å²) in [5, 5.41) is 2.15. The van der Waals surface area contributed by atoms with Crippen molar-refractivity contribution in [3.8, 4) is 0 Å². The molecular weight excluding hydrogens is 306 g/mol. The standard InChI is InChI=1S/C15H27NOS3/c1-10-11(2)20-13(8-19-10)14(16)12-3-5-17-15(7-12)4-6-18-9-15/h10-14H,3-9,16H2,1-2H3. The summed E-state index contributed by atoms with van der Waals surface area (Å²) in [5.41, 5.74) is 6.86. The van der Waals surface area contributed by atoms with Crippen LogP contribution < -0.4 is 5.73 Å². The number of nitrogens with two attached hydrogens (primary N) is 1. The van der Waals surface area contributed by atoms with E-state index in [9.17, 15) is 0 Å². The smallest absolute Gasteiger partial charge is 0.0783 e. The number of hydrogen-bond donors (Lipinski definition) is 1. The Hall–Kier alpha value is 0.970. The second-order valence-corrected chi connectivity index (χ2v) is 10.7. The zero-order valence-corrected chi connectivity index (χ0v) is 15.0. The van der Waals surface area contributed by atoms with Crippen LogP contribution in [0.2, 0.25) is 0 Å². The summed E-state index contributed by atoms with van der Waals surface area (Å²) in [4.78, 5) is 0. The van der Waals surface area contributed by atoms with Gasteiger partial charge in [-0.25, -0.2) is 0 Å². The highest BCUT2D eigenvalue weighted by molar-refractivity contribution is 8.07. The van der Waals surface area contributed by atoms with E-state index in [2.05, 4.69) is 49.1 Å². The lowest BCUT2D eigenvalue weighted by Gasteiger charge is -2.43. The molecule has 3 fully saturated rings. The maximum Gasteiger partial charge on any atom is 0.0783 e. The highest BCUT2D eigenvalue weighted by Gasteiger charge is 2.44. The molecule has 5 heteroatoms. The quantitative estimate of drug-likeness (QED) is 0.839. The van der Waals surface area contributed by atoms with Gasteiger partial charge >= 0.3 is 0 Å². The topological polar surface area (TPSA) is 35.2 Å². The first-order chi connectivity index (χ1) is 9.60. The Bertz CT molecular complexity index is 335. The second kappa shape index (κ2) is 6.61. The number of rotatable bonds is 2. The lowest BCUT2D eigenvalue weighted by molar-refractivity contribution is -0.0829. The zero-order chi connectivity index (χ0) is 14.2. The van der Waals surface area contributed by atoms with Crippen molar-refractivity contribution in [2.75, 3.05) is 23.9 Å². The molecule has 20 heavy (non-hydrogen) atoms. The molecule has 0 aliphatic carbocycles. The van der Waals surface area contributed by atoms with Crippen molar-refractivity contribution in [2.45, 2.75) is 60.5 Å². The number of hydrogen-bond acceptors (Lipinski definition) is 5. The molecule has 2 N–H and O–H groups in total. The second-order valence-electron chi connectivity index (χ2n) is 6.58. The maximum absolute atomic E-state index is 6.69. The van der Waals surface area contributed by atoms with Gasteiger partial charge in [-0.05, 0) is 30.9 Å². The molecule has 3 heterocycles. The highest BCUT2D eigenvalue weighted by atomic mass is 32.2. The van der Waals surface area contributed by atoms with E-state index in [0.717, 1.165) is 17.1 Å². The molecule has 0 saturated carbocycles. The van der Waals surface area contributed by atoms with Crippen molar-refractivity contribution in [3.63, 3.8) is 0 Å². The normalized spacial score (nSPS) is 47.5. The third kappa shape index (κ3) is 3.32. The molecule has 116 valence electrons. The average molecular weight is 334 g/mol. The summed E-state index contributed by atoms with van der Waals surface area (Å²) in [5.74, 6) is 4.36. The van der Waals surface area contributed by atoms with E-state index in [1.807, 2.05) is 0 Å². The van der Waals surface area contributed by atoms with Gasteiger partial charge in [0.05, 0.1) is 5.60 Å². The summed E-state index contributed by atoms with van der Waals surface area (Å²) < 4.78 is 6.14. The Morgan fingerprint density at radius 2 is 2.15 bits per heavy atom. The molecule has 0 aromatic carbocycles. The van der Waals surface area contributed by atoms with Gasteiger partial charge in [-0.15, -0.1) is 0 Å². The van der Waals surface area contributed by atoms with E-state index in [1.54, 1.807) is 0 Å². The predicted molar refractivity (Wildman–Crippen MR) is 94.1 cm³/mol. The molecule has 2 nitrogen and oxygen atoms in total. The highest BCUT2D eigenvalue weighted by Crippen LogP contribution is 2.44. The summed E-state index contributed by atoms with van der Waals surface area (Å²) >= 11 is 6.30. The van der Waals surface area contributed by atoms with Crippen LogP contribution in [0, 0.1) is 5.92 Å². The molecule has 6 atom stereocenters. The van der Waals surface area contributed by atoms with Crippen LogP contribution in [0.4, 0.5) is 0 Å². The van der Waals surface area contributed by atoms with Crippen molar-refractivity contribution in [3.05, 3.63) is 0 Å². The Kier molecular flexibility index (Phi) is 5.24. The first kappa shape index (κ1) is 15.9. The summed E-state index contributed by atoms with van der Waals surface area (Å²) in [7, 11) is 0. The lowest BCUT2D eigenvalue weighted by Crippen LogP contribution is -2.50. The summed E-state index contributed by atoms with van der Waals surface area (Å²) in [6.07, 6.45) is 3.60. The Balaban J connectivity index is 1.60. The van der Waals surface area contributed by atoms with Crippen LogP contribution in [0.1, 0.15) is 33.1 Å². The SMILES string of the molecule is CC1SCC(C(N)C2CCOC3(CCSC3)C2)SC1C. The van der Waals surface area contributed by atoms with Crippen molar-refractivity contribution >= 4 is 35.3 Å². The van der Waals surface area contributed by atoms with Crippen LogP contribution in [0.15, 0.2) is 0 Å². The van der Waals surface area contributed by atoms with Crippen molar-refractivity contribution in [1.29, 1.82) is 0 Å². The molecule has 1 spiro atoms. The molecule has 0 amide bonds. The van der Waals surface area contributed by atoms with Crippen molar-refractivity contribution in [2.24, 2.45) is 11.7 Å². The molecule has 0 radical (unpaired) electrons. The van der Waals surface area contributed by atoms with Gasteiger partial charge < -0.3 is 10.5 Å². The molecule has 3 rings (SSSR count). The number of ether oxygens (including phenoxy) is 1. The van der Waals surface area contributed by atoms with Crippen LogP contribution in [0.25, 0.3) is 0 Å². The maximum atomic E-state index is 6.69. The Morgan fingerprint density at radius 3 is 2.85 bits per heavy atom. The van der Waals surface area contributed by atoms with E-state index < -0.39 is 0 Å². The molecule has 3 aliphatic rings.